The largest absolute Gasteiger partial charge is 0.347 e. The fourth-order valence-electron chi connectivity index (χ4n) is 2.46. The predicted octanol–water partition coefficient (Wildman–Crippen LogP) is 2.30. The van der Waals surface area contributed by atoms with E-state index >= 15 is 0 Å². The van der Waals surface area contributed by atoms with E-state index in [0.29, 0.717) is 28.7 Å². The lowest BCUT2D eigenvalue weighted by atomic mass is 10.1. The van der Waals surface area contributed by atoms with Gasteiger partial charge in [0.1, 0.15) is 5.56 Å². The van der Waals surface area contributed by atoms with Gasteiger partial charge in [0.15, 0.2) is 5.82 Å². The third-order valence-corrected chi connectivity index (χ3v) is 3.84. The zero-order valence-electron chi connectivity index (χ0n) is 13.2. The van der Waals surface area contributed by atoms with E-state index in [1.807, 2.05) is 11.5 Å². The third-order valence-electron chi connectivity index (χ3n) is 3.60. The van der Waals surface area contributed by atoms with Crippen molar-refractivity contribution in [2.24, 2.45) is 0 Å². The summed E-state index contributed by atoms with van der Waals surface area (Å²) >= 11 is 5.99. The van der Waals surface area contributed by atoms with Crippen molar-refractivity contribution in [3.63, 3.8) is 0 Å². The average molecular weight is 347 g/mol. The molecule has 8 heteroatoms. The highest BCUT2D eigenvalue weighted by molar-refractivity contribution is 6.31. The van der Waals surface area contributed by atoms with Crippen LogP contribution in [0.5, 0.6) is 0 Å². The Hall–Kier alpha value is -2.67. The van der Waals surface area contributed by atoms with Gasteiger partial charge >= 0.3 is 0 Å². The Bertz CT molecular complexity index is 977. The minimum Gasteiger partial charge on any atom is -0.347 e. The number of amides is 1. The first kappa shape index (κ1) is 16.2. The van der Waals surface area contributed by atoms with Gasteiger partial charge in [0.05, 0.1) is 12.1 Å². The van der Waals surface area contributed by atoms with Crippen molar-refractivity contribution >= 4 is 28.4 Å². The van der Waals surface area contributed by atoms with Gasteiger partial charge in [0.2, 0.25) is 11.3 Å². The van der Waals surface area contributed by atoms with Gasteiger partial charge in [0, 0.05) is 30.1 Å². The molecule has 0 aliphatic heterocycles. The predicted molar refractivity (Wildman–Crippen MR) is 89.1 cm³/mol. The maximum absolute atomic E-state index is 12.6. The molecule has 1 amide bonds. The van der Waals surface area contributed by atoms with E-state index in [1.165, 1.54) is 0 Å². The molecular weight excluding hydrogens is 332 g/mol. The number of fused-ring (bicyclic) bond motifs is 1. The maximum Gasteiger partial charge on any atom is 0.257 e. The number of nitrogens with zero attached hydrogens (tertiary/aromatic N) is 3. The molecular formula is C16H15ClN4O3. The zero-order valence-corrected chi connectivity index (χ0v) is 13.9. The molecule has 0 aliphatic carbocycles. The topological polar surface area (TPSA) is 90.0 Å². The van der Waals surface area contributed by atoms with Gasteiger partial charge in [-0.2, -0.15) is 4.98 Å². The Labute approximate surface area is 142 Å². The number of hydrogen-bond donors (Lipinski definition) is 1. The second kappa shape index (κ2) is 6.45. The van der Waals surface area contributed by atoms with Crippen LogP contribution in [-0.2, 0) is 13.1 Å². The molecule has 0 saturated carbocycles. The first-order valence-corrected chi connectivity index (χ1v) is 7.77. The van der Waals surface area contributed by atoms with Gasteiger partial charge < -0.3 is 14.4 Å². The van der Waals surface area contributed by atoms with Crippen LogP contribution in [0.15, 0.2) is 33.7 Å². The smallest absolute Gasteiger partial charge is 0.257 e. The average Bonchev–Trinajstić information content (AvgIpc) is 2.99. The number of rotatable bonds is 4. The molecule has 3 rings (SSSR count). The fourth-order valence-corrected chi connectivity index (χ4v) is 2.63. The molecule has 2 heterocycles. The lowest BCUT2D eigenvalue weighted by molar-refractivity contribution is 0.0948. The minimum atomic E-state index is -0.494. The van der Waals surface area contributed by atoms with E-state index in [4.69, 9.17) is 16.1 Å². The molecule has 2 aromatic heterocycles. The van der Waals surface area contributed by atoms with Gasteiger partial charge in [-0.3, -0.25) is 9.59 Å². The summed E-state index contributed by atoms with van der Waals surface area (Å²) in [6.45, 7) is 4.28. The summed E-state index contributed by atoms with van der Waals surface area (Å²) in [5.41, 5.74) is 0.420. The van der Waals surface area contributed by atoms with E-state index in [0.717, 1.165) is 5.52 Å². The number of carbonyl (C=O) groups is 1. The van der Waals surface area contributed by atoms with Crippen LogP contribution in [0.1, 0.15) is 29.0 Å². The van der Waals surface area contributed by atoms with Crippen molar-refractivity contribution < 1.29 is 9.32 Å². The first-order valence-electron chi connectivity index (χ1n) is 7.39. The van der Waals surface area contributed by atoms with Crippen LogP contribution in [0.4, 0.5) is 0 Å². The molecule has 0 atom stereocenters. The van der Waals surface area contributed by atoms with Crippen LogP contribution >= 0.6 is 11.6 Å². The van der Waals surface area contributed by atoms with Gasteiger partial charge in [0.25, 0.3) is 5.91 Å². The minimum absolute atomic E-state index is 0.0480. The first-order chi connectivity index (χ1) is 11.5. The quantitative estimate of drug-likeness (QED) is 0.782. The van der Waals surface area contributed by atoms with Crippen molar-refractivity contribution in [3.8, 4) is 0 Å². The summed E-state index contributed by atoms with van der Waals surface area (Å²) < 4.78 is 6.67. The molecule has 0 saturated heterocycles. The molecule has 7 nitrogen and oxygen atoms in total. The fraction of sp³-hybridized carbons (Fsp3) is 0.250. The number of pyridine rings is 1. The van der Waals surface area contributed by atoms with Gasteiger partial charge in [-0.05, 0) is 25.1 Å². The molecule has 1 aromatic carbocycles. The Balaban J connectivity index is 1.97. The number of aryl methyl sites for hydroxylation is 2. The second-order valence-corrected chi connectivity index (χ2v) is 5.67. The molecule has 3 aromatic rings. The standard InChI is InChI=1S/C16H15ClN4O3/c1-3-21-8-12(15(22)11-6-10(17)4-5-13(11)21)16(23)18-7-14-19-9(2)24-20-14/h4-6,8H,3,7H2,1-2H3,(H,18,23). The van der Waals surface area contributed by atoms with Crippen molar-refractivity contribution in [2.45, 2.75) is 26.9 Å². The van der Waals surface area contributed by atoms with E-state index < -0.39 is 5.91 Å². The Morgan fingerprint density at radius 3 is 2.88 bits per heavy atom. The number of hydrogen-bond acceptors (Lipinski definition) is 5. The van der Waals surface area contributed by atoms with Crippen LogP contribution in [0.2, 0.25) is 5.02 Å². The molecule has 0 aliphatic rings. The summed E-state index contributed by atoms with van der Waals surface area (Å²) in [5, 5.41) is 7.18. The molecule has 0 radical (unpaired) electrons. The van der Waals surface area contributed by atoms with Crippen molar-refractivity contribution in [1.29, 1.82) is 0 Å². The molecule has 0 fully saturated rings. The Morgan fingerprint density at radius 1 is 1.42 bits per heavy atom. The lowest BCUT2D eigenvalue weighted by Gasteiger charge is -2.11. The molecule has 1 N–H and O–H groups in total. The van der Waals surface area contributed by atoms with Crippen molar-refractivity contribution in [3.05, 3.63) is 56.9 Å². The van der Waals surface area contributed by atoms with Gasteiger partial charge in [-0.25, -0.2) is 0 Å². The SMILES string of the molecule is CCn1cc(C(=O)NCc2noc(C)n2)c(=O)c2cc(Cl)ccc21. The zero-order chi connectivity index (χ0) is 17.3. The van der Waals surface area contributed by atoms with Crippen LogP contribution < -0.4 is 10.7 Å². The van der Waals surface area contributed by atoms with E-state index in [2.05, 4.69) is 15.5 Å². The number of nitrogens with one attached hydrogen (secondary N) is 1. The van der Waals surface area contributed by atoms with E-state index in [1.54, 1.807) is 31.3 Å². The molecule has 124 valence electrons. The van der Waals surface area contributed by atoms with E-state index in [-0.39, 0.29) is 17.5 Å². The Kier molecular flexibility index (Phi) is 4.35. The number of aromatic nitrogens is 3. The summed E-state index contributed by atoms with van der Waals surface area (Å²) in [4.78, 5) is 29.0. The summed E-state index contributed by atoms with van der Waals surface area (Å²) in [7, 11) is 0. The maximum atomic E-state index is 12.6. The third kappa shape index (κ3) is 3.03. The second-order valence-electron chi connectivity index (χ2n) is 5.23. The number of carbonyl (C=O) groups excluding carboxylic acids is 1. The summed E-state index contributed by atoms with van der Waals surface area (Å²) in [6.07, 6.45) is 1.55. The summed E-state index contributed by atoms with van der Waals surface area (Å²) in [6, 6.07) is 5.06. The van der Waals surface area contributed by atoms with Crippen molar-refractivity contribution in [2.75, 3.05) is 0 Å². The highest BCUT2D eigenvalue weighted by Crippen LogP contribution is 2.17. The highest BCUT2D eigenvalue weighted by atomic mass is 35.5. The lowest BCUT2D eigenvalue weighted by Crippen LogP contribution is -2.29. The van der Waals surface area contributed by atoms with Crippen LogP contribution in [-0.4, -0.2) is 20.6 Å². The summed E-state index contributed by atoms with van der Waals surface area (Å²) in [5.74, 6) is 0.264. The highest BCUT2D eigenvalue weighted by Gasteiger charge is 2.16. The van der Waals surface area contributed by atoms with Crippen molar-refractivity contribution in [1.82, 2.24) is 20.0 Å². The van der Waals surface area contributed by atoms with Gasteiger partial charge in [-0.15, -0.1) is 0 Å². The van der Waals surface area contributed by atoms with Crippen LogP contribution in [0, 0.1) is 6.92 Å². The van der Waals surface area contributed by atoms with Gasteiger partial charge in [-0.1, -0.05) is 16.8 Å². The number of benzene rings is 1. The van der Waals surface area contributed by atoms with Crippen LogP contribution in [0.25, 0.3) is 10.9 Å². The Morgan fingerprint density at radius 2 is 2.21 bits per heavy atom. The molecule has 0 bridgehead atoms. The number of halogens is 1. The normalized spacial score (nSPS) is 11.0. The molecule has 24 heavy (non-hydrogen) atoms. The monoisotopic (exact) mass is 346 g/mol. The molecule has 0 spiro atoms. The van der Waals surface area contributed by atoms with E-state index in [9.17, 15) is 9.59 Å². The molecule has 0 unspecified atom stereocenters. The van der Waals surface area contributed by atoms with Crippen LogP contribution in [0.3, 0.4) is 0 Å².